The first-order valence-electron chi connectivity index (χ1n) is 7.09. The predicted molar refractivity (Wildman–Crippen MR) is 80.5 cm³/mol. The van der Waals surface area contributed by atoms with Crippen LogP contribution in [0.1, 0.15) is 24.8 Å². The van der Waals surface area contributed by atoms with Crippen LogP contribution < -0.4 is 0 Å². The lowest BCUT2D eigenvalue weighted by molar-refractivity contribution is 0.176. The summed E-state index contributed by atoms with van der Waals surface area (Å²) in [4.78, 5) is 7.44. The molecule has 19 heavy (non-hydrogen) atoms. The third-order valence-electron chi connectivity index (χ3n) is 3.92. The van der Waals surface area contributed by atoms with Gasteiger partial charge < -0.3 is 0 Å². The van der Waals surface area contributed by atoms with Crippen LogP contribution in [0.25, 0.3) is 0 Å². The number of hydrogen-bond donors (Lipinski definition) is 0. The fourth-order valence-corrected chi connectivity index (χ4v) is 2.84. The van der Waals surface area contributed by atoms with Gasteiger partial charge in [-0.05, 0) is 24.5 Å². The Morgan fingerprint density at radius 1 is 1.05 bits per heavy atom. The Balaban J connectivity index is 1.85. The lowest BCUT2D eigenvalue weighted by Crippen LogP contribution is -2.44. The molecule has 0 bridgehead atoms. The van der Waals surface area contributed by atoms with E-state index in [4.69, 9.17) is 4.99 Å². The highest BCUT2D eigenvalue weighted by molar-refractivity contribution is 5.79. The van der Waals surface area contributed by atoms with Gasteiger partial charge >= 0.3 is 0 Å². The zero-order valence-corrected chi connectivity index (χ0v) is 11.2. The topological polar surface area (TPSA) is 15.6 Å². The molecular formula is C17H20N2. The molecule has 0 saturated carbocycles. The van der Waals surface area contributed by atoms with Crippen LogP contribution in [0.5, 0.6) is 0 Å². The van der Waals surface area contributed by atoms with Gasteiger partial charge in [-0.25, -0.2) is 0 Å². The first-order chi connectivity index (χ1) is 9.39. The maximum atomic E-state index is 4.93. The number of allylic oxidation sites excluding steroid dienone is 2. The van der Waals surface area contributed by atoms with Crippen molar-refractivity contribution in [1.29, 1.82) is 0 Å². The minimum absolute atomic E-state index is 0.152. The summed E-state index contributed by atoms with van der Waals surface area (Å²) in [7, 11) is 0. The third-order valence-corrected chi connectivity index (χ3v) is 3.92. The van der Waals surface area contributed by atoms with Gasteiger partial charge in [-0.15, -0.1) is 0 Å². The number of nitrogens with zero attached hydrogens (tertiary/aromatic N) is 2. The zero-order valence-electron chi connectivity index (χ0n) is 11.2. The Kier molecular flexibility index (Phi) is 3.60. The minimum atomic E-state index is -0.152. The average molecular weight is 252 g/mol. The molecule has 1 unspecified atom stereocenters. The van der Waals surface area contributed by atoms with Crippen LogP contribution in [0.15, 0.2) is 59.6 Å². The van der Waals surface area contributed by atoms with E-state index in [9.17, 15) is 0 Å². The van der Waals surface area contributed by atoms with E-state index in [0.29, 0.717) is 0 Å². The number of hydrogen-bond acceptors (Lipinski definition) is 2. The largest absolute Gasteiger partial charge is 0.276 e. The Labute approximate surface area is 115 Å². The van der Waals surface area contributed by atoms with Crippen molar-refractivity contribution in [2.45, 2.75) is 24.9 Å². The normalized spacial score (nSPS) is 27.4. The van der Waals surface area contributed by atoms with Gasteiger partial charge in [0.25, 0.3) is 0 Å². The molecule has 0 amide bonds. The van der Waals surface area contributed by atoms with Gasteiger partial charge in [0.2, 0.25) is 0 Å². The lowest BCUT2D eigenvalue weighted by atomic mass is 9.99. The number of aliphatic imine (C=N–C) groups is 1. The Hall–Kier alpha value is -1.67. The standard InChI is InChI=1S/C17H20N2/c1-3-9-16(10-4-1)15-18-17(11-5-2-6-12-17)19-13-7-8-14-19/h1-6,9-11,15H,7-8,12-14H2. The summed E-state index contributed by atoms with van der Waals surface area (Å²) in [6.07, 6.45) is 14.3. The summed E-state index contributed by atoms with van der Waals surface area (Å²) in [5.41, 5.74) is 1.02. The van der Waals surface area contributed by atoms with Crippen molar-refractivity contribution in [1.82, 2.24) is 4.90 Å². The Bertz CT molecular complexity index is 495. The molecule has 1 heterocycles. The van der Waals surface area contributed by atoms with Crippen LogP contribution in [0.4, 0.5) is 0 Å². The molecule has 0 spiro atoms. The van der Waals surface area contributed by atoms with Gasteiger partial charge in [-0.3, -0.25) is 9.89 Å². The molecule has 2 aliphatic rings. The van der Waals surface area contributed by atoms with Crippen LogP contribution in [-0.4, -0.2) is 29.9 Å². The van der Waals surface area contributed by atoms with Crippen molar-refractivity contribution in [3.63, 3.8) is 0 Å². The second-order valence-electron chi connectivity index (χ2n) is 5.23. The highest BCUT2D eigenvalue weighted by Gasteiger charge is 2.34. The van der Waals surface area contributed by atoms with Crippen LogP contribution in [0.3, 0.4) is 0 Å². The highest BCUT2D eigenvalue weighted by Crippen LogP contribution is 2.30. The summed E-state index contributed by atoms with van der Waals surface area (Å²) in [5, 5.41) is 0. The van der Waals surface area contributed by atoms with E-state index >= 15 is 0 Å². The molecule has 1 atom stereocenters. The number of rotatable bonds is 3. The van der Waals surface area contributed by atoms with E-state index in [-0.39, 0.29) is 5.66 Å². The van der Waals surface area contributed by atoms with E-state index in [2.05, 4.69) is 53.5 Å². The maximum absolute atomic E-state index is 4.93. The van der Waals surface area contributed by atoms with Gasteiger partial charge in [0.15, 0.2) is 0 Å². The van der Waals surface area contributed by atoms with Crippen LogP contribution >= 0.6 is 0 Å². The molecular weight excluding hydrogens is 232 g/mol. The van der Waals surface area contributed by atoms with E-state index in [1.807, 2.05) is 12.3 Å². The highest BCUT2D eigenvalue weighted by atomic mass is 15.3. The molecule has 0 radical (unpaired) electrons. The fourth-order valence-electron chi connectivity index (χ4n) is 2.84. The summed E-state index contributed by atoms with van der Waals surface area (Å²) in [6.45, 7) is 2.31. The first-order valence-corrected chi connectivity index (χ1v) is 7.09. The summed E-state index contributed by atoms with van der Waals surface area (Å²) in [5.74, 6) is 0. The molecule has 2 nitrogen and oxygen atoms in total. The maximum Gasteiger partial charge on any atom is 0.135 e. The summed E-state index contributed by atoms with van der Waals surface area (Å²) >= 11 is 0. The van der Waals surface area contributed by atoms with Crippen molar-refractivity contribution < 1.29 is 0 Å². The van der Waals surface area contributed by atoms with Crippen LogP contribution in [0.2, 0.25) is 0 Å². The molecule has 1 aromatic carbocycles. The van der Waals surface area contributed by atoms with E-state index in [0.717, 1.165) is 19.5 Å². The van der Waals surface area contributed by atoms with Gasteiger partial charge in [0, 0.05) is 25.7 Å². The predicted octanol–water partition coefficient (Wildman–Crippen LogP) is 3.41. The molecule has 0 aromatic heterocycles. The van der Waals surface area contributed by atoms with Gasteiger partial charge in [-0.2, -0.15) is 0 Å². The van der Waals surface area contributed by atoms with E-state index in [1.54, 1.807) is 0 Å². The fraction of sp³-hybridized carbons (Fsp3) is 0.353. The molecule has 1 fully saturated rings. The summed E-state index contributed by atoms with van der Waals surface area (Å²) < 4.78 is 0. The quantitative estimate of drug-likeness (QED) is 0.753. The van der Waals surface area contributed by atoms with Gasteiger partial charge in [0.05, 0.1) is 0 Å². The van der Waals surface area contributed by atoms with Crippen molar-refractivity contribution in [3.8, 4) is 0 Å². The average Bonchev–Trinajstić information content (AvgIpc) is 3.02. The molecule has 3 rings (SSSR count). The summed E-state index contributed by atoms with van der Waals surface area (Å²) in [6, 6.07) is 10.4. The third kappa shape index (κ3) is 2.69. The first kappa shape index (κ1) is 12.4. The number of benzene rings is 1. The Morgan fingerprint density at radius 2 is 1.84 bits per heavy atom. The molecule has 0 N–H and O–H groups in total. The van der Waals surface area contributed by atoms with Gasteiger partial charge in [0.1, 0.15) is 5.66 Å². The molecule has 1 saturated heterocycles. The number of likely N-dealkylation sites (tertiary alicyclic amines) is 1. The Morgan fingerprint density at radius 3 is 2.53 bits per heavy atom. The van der Waals surface area contributed by atoms with Crippen LogP contribution in [-0.2, 0) is 0 Å². The minimum Gasteiger partial charge on any atom is -0.276 e. The smallest absolute Gasteiger partial charge is 0.135 e. The SMILES string of the molecule is C1=CCC(N=Cc2ccccc2)(N2CCCC2)C=C1. The van der Waals surface area contributed by atoms with E-state index < -0.39 is 0 Å². The van der Waals surface area contributed by atoms with Crippen molar-refractivity contribution in [2.75, 3.05) is 13.1 Å². The second-order valence-corrected chi connectivity index (χ2v) is 5.23. The second kappa shape index (κ2) is 5.54. The lowest BCUT2D eigenvalue weighted by Gasteiger charge is -2.36. The molecule has 1 aliphatic heterocycles. The van der Waals surface area contributed by atoms with Gasteiger partial charge in [-0.1, -0.05) is 48.6 Å². The zero-order chi connectivity index (χ0) is 13.0. The monoisotopic (exact) mass is 252 g/mol. The molecule has 1 aliphatic carbocycles. The van der Waals surface area contributed by atoms with E-state index in [1.165, 1.54) is 18.4 Å². The van der Waals surface area contributed by atoms with Crippen molar-refractivity contribution >= 4 is 6.21 Å². The van der Waals surface area contributed by atoms with Crippen LogP contribution in [0, 0.1) is 0 Å². The van der Waals surface area contributed by atoms with Crippen molar-refractivity contribution in [3.05, 3.63) is 60.2 Å². The molecule has 98 valence electrons. The van der Waals surface area contributed by atoms with Crippen molar-refractivity contribution in [2.24, 2.45) is 4.99 Å². The molecule has 2 heteroatoms. The molecule has 1 aromatic rings.